The lowest BCUT2D eigenvalue weighted by molar-refractivity contribution is -0.141. The smallest absolute Gasteiger partial charge is 0.306 e. The van der Waals surface area contributed by atoms with Crippen LogP contribution in [0.4, 0.5) is 5.69 Å². The highest BCUT2D eigenvalue weighted by Crippen LogP contribution is 2.77. The largest absolute Gasteiger partial charge is 0.481 e. The van der Waals surface area contributed by atoms with Crippen LogP contribution in [0.2, 0.25) is 0 Å². The molecule has 226 valence electrons. The van der Waals surface area contributed by atoms with Gasteiger partial charge < -0.3 is 10.4 Å². The van der Waals surface area contributed by atoms with Gasteiger partial charge in [-0.15, -0.1) is 0 Å². The number of carboxylic acid groups (broad SMARTS) is 1. The van der Waals surface area contributed by atoms with E-state index in [0.717, 1.165) is 47.2 Å². The van der Waals surface area contributed by atoms with Gasteiger partial charge in [0, 0.05) is 23.6 Å². The number of carbonyl (C=O) groups excluding carboxylic acids is 2. The quantitative estimate of drug-likeness (QED) is 0.177. The third-order valence-corrected chi connectivity index (χ3v) is 10.1. The molecule has 0 bridgehead atoms. The summed E-state index contributed by atoms with van der Waals surface area (Å²) in [6.07, 6.45) is 3.92. The molecule has 3 aromatic rings. The van der Waals surface area contributed by atoms with Gasteiger partial charge in [-0.05, 0) is 83.2 Å². The monoisotopic (exact) mass is 579 g/mol. The first-order valence-corrected chi connectivity index (χ1v) is 16.1. The molecular formula is C38H45NO4. The maximum absolute atomic E-state index is 13.6. The summed E-state index contributed by atoms with van der Waals surface area (Å²) in [6.45, 7) is 8.66. The second-order valence-corrected chi connectivity index (χ2v) is 12.9. The molecule has 5 rings (SSSR count). The number of aryl methyl sites for hydroxylation is 1. The van der Waals surface area contributed by atoms with Crippen molar-refractivity contribution in [2.45, 2.75) is 72.1 Å². The minimum absolute atomic E-state index is 0.00810. The first-order valence-electron chi connectivity index (χ1n) is 16.1. The molecule has 5 heteroatoms. The lowest BCUT2D eigenvalue weighted by Crippen LogP contribution is -2.27. The van der Waals surface area contributed by atoms with E-state index < -0.39 is 11.9 Å². The van der Waals surface area contributed by atoms with Crippen molar-refractivity contribution in [2.75, 3.05) is 5.32 Å². The fourth-order valence-corrected chi connectivity index (χ4v) is 6.96. The molecule has 5 unspecified atom stereocenters. The molecule has 2 aliphatic carbocycles. The molecule has 2 aliphatic rings. The summed E-state index contributed by atoms with van der Waals surface area (Å²) >= 11 is 0. The molecule has 0 heterocycles. The van der Waals surface area contributed by atoms with Crippen LogP contribution in [0.5, 0.6) is 0 Å². The van der Waals surface area contributed by atoms with Gasteiger partial charge in [0.25, 0.3) is 0 Å². The van der Waals surface area contributed by atoms with Crippen LogP contribution in [0.15, 0.2) is 72.8 Å². The first-order chi connectivity index (χ1) is 20.7. The summed E-state index contributed by atoms with van der Waals surface area (Å²) < 4.78 is 0. The molecule has 2 saturated carbocycles. The molecule has 3 aromatic carbocycles. The minimum Gasteiger partial charge on any atom is -0.481 e. The highest BCUT2D eigenvalue weighted by atomic mass is 16.4. The summed E-state index contributed by atoms with van der Waals surface area (Å²) in [7, 11) is 0. The molecule has 1 amide bonds. The van der Waals surface area contributed by atoms with E-state index in [1.807, 2.05) is 66.7 Å². The normalized spacial score (nSPS) is 22.1. The molecule has 0 aromatic heterocycles. The summed E-state index contributed by atoms with van der Waals surface area (Å²) in [6, 6.07) is 23.8. The summed E-state index contributed by atoms with van der Waals surface area (Å²) in [4.78, 5) is 38.7. The average Bonchev–Trinajstić information content (AvgIpc) is 3.93. The van der Waals surface area contributed by atoms with Gasteiger partial charge in [0.05, 0.1) is 5.92 Å². The maximum Gasteiger partial charge on any atom is 0.306 e. The van der Waals surface area contributed by atoms with Crippen LogP contribution in [0.1, 0.15) is 87.2 Å². The highest BCUT2D eigenvalue weighted by Gasteiger charge is 2.71. The predicted octanol–water partition coefficient (Wildman–Crippen LogP) is 8.64. The Balaban J connectivity index is 1.31. The first kappa shape index (κ1) is 30.7. The number of hydrogen-bond acceptors (Lipinski definition) is 3. The van der Waals surface area contributed by atoms with Crippen LogP contribution in [0, 0.1) is 35.5 Å². The van der Waals surface area contributed by atoms with Gasteiger partial charge in [-0.3, -0.25) is 14.4 Å². The summed E-state index contributed by atoms with van der Waals surface area (Å²) in [5, 5.41) is 13.0. The zero-order valence-electron chi connectivity index (χ0n) is 25.9. The van der Waals surface area contributed by atoms with Gasteiger partial charge in [0.1, 0.15) is 0 Å². The van der Waals surface area contributed by atoms with Crippen molar-refractivity contribution in [3.05, 3.63) is 89.5 Å². The van der Waals surface area contributed by atoms with Crippen molar-refractivity contribution in [3.63, 3.8) is 0 Å². The standard InChI is InChI=1S/C38H45NO4/c1-5-10-30(23(3)6-2)37(41)39-29-18-15-26(16-19-29)27-17-20-31(32(21-27)36-34-24(4)35(34)36)33(40)22-28(38(42)43)14-13-25-11-8-7-9-12-25/h7-9,11-12,15-21,23-24,28,30,34-36H,5-6,10,13-14,22H2,1-4H3,(H,39,41)(H,42,43). The van der Waals surface area contributed by atoms with E-state index >= 15 is 0 Å². The van der Waals surface area contributed by atoms with E-state index in [0.29, 0.717) is 48.0 Å². The van der Waals surface area contributed by atoms with Crippen molar-refractivity contribution in [1.29, 1.82) is 0 Å². The number of aliphatic carboxylic acids is 1. The van der Waals surface area contributed by atoms with Gasteiger partial charge >= 0.3 is 5.97 Å². The predicted molar refractivity (Wildman–Crippen MR) is 172 cm³/mol. The van der Waals surface area contributed by atoms with Crippen molar-refractivity contribution in [2.24, 2.45) is 35.5 Å². The fraction of sp³-hybridized carbons (Fsp3) is 0.447. The number of nitrogens with one attached hydrogen (secondary N) is 1. The Morgan fingerprint density at radius 1 is 0.884 bits per heavy atom. The van der Waals surface area contributed by atoms with E-state index in [-0.39, 0.29) is 24.0 Å². The zero-order valence-corrected chi connectivity index (χ0v) is 25.9. The third kappa shape index (κ3) is 6.92. The molecule has 5 nitrogen and oxygen atoms in total. The molecule has 2 fully saturated rings. The Labute approximate surface area is 256 Å². The zero-order chi connectivity index (χ0) is 30.7. The van der Waals surface area contributed by atoms with E-state index in [2.05, 4.69) is 39.1 Å². The number of fused-ring (bicyclic) bond motifs is 1. The topological polar surface area (TPSA) is 83.5 Å². The van der Waals surface area contributed by atoms with Crippen molar-refractivity contribution < 1.29 is 19.5 Å². The van der Waals surface area contributed by atoms with Crippen LogP contribution >= 0.6 is 0 Å². The van der Waals surface area contributed by atoms with Crippen LogP contribution in [0.25, 0.3) is 11.1 Å². The Kier molecular flexibility index (Phi) is 9.49. The minimum atomic E-state index is -0.914. The summed E-state index contributed by atoms with van der Waals surface area (Å²) in [5.74, 6) is 1.07. The Morgan fingerprint density at radius 2 is 1.56 bits per heavy atom. The molecule has 0 saturated heterocycles. The fourth-order valence-electron chi connectivity index (χ4n) is 6.96. The molecule has 0 spiro atoms. The van der Waals surface area contributed by atoms with E-state index in [9.17, 15) is 19.5 Å². The molecular weight excluding hydrogens is 534 g/mol. The Morgan fingerprint density at radius 3 is 2.16 bits per heavy atom. The van der Waals surface area contributed by atoms with Crippen LogP contribution in [-0.2, 0) is 16.0 Å². The molecule has 43 heavy (non-hydrogen) atoms. The van der Waals surface area contributed by atoms with Crippen LogP contribution < -0.4 is 5.32 Å². The van der Waals surface area contributed by atoms with Gasteiger partial charge in [-0.2, -0.15) is 0 Å². The average molecular weight is 580 g/mol. The maximum atomic E-state index is 13.6. The van der Waals surface area contributed by atoms with Gasteiger partial charge in [-0.1, -0.05) is 101 Å². The van der Waals surface area contributed by atoms with Crippen molar-refractivity contribution in [1.82, 2.24) is 0 Å². The lowest BCUT2D eigenvalue weighted by atomic mass is 9.86. The van der Waals surface area contributed by atoms with Crippen LogP contribution in [-0.4, -0.2) is 22.8 Å². The number of rotatable bonds is 15. The number of amides is 1. The second-order valence-electron chi connectivity index (χ2n) is 12.9. The summed E-state index contributed by atoms with van der Waals surface area (Å²) in [5.41, 5.74) is 5.67. The van der Waals surface area contributed by atoms with Gasteiger partial charge in [-0.25, -0.2) is 0 Å². The molecule has 2 N–H and O–H groups in total. The van der Waals surface area contributed by atoms with E-state index in [1.54, 1.807) is 0 Å². The SMILES string of the molecule is CCCC(C(=O)Nc1ccc(-c2ccc(C(=O)CC(CCc3ccccc3)C(=O)O)c(C3C4C(C)C34)c2)cc1)C(C)CC. The van der Waals surface area contributed by atoms with Crippen LogP contribution in [0.3, 0.4) is 0 Å². The Hall–Kier alpha value is -3.73. The Bertz CT molecular complexity index is 1440. The molecule has 0 radical (unpaired) electrons. The number of anilines is 1. The number of hydrogen-bond donors (Lipinski definition) is 2. The van der Waals surface area contributed by atoms with E-state index in [4.69, 9.17) is 0 Å². The van der Waals surface area contributed by atoms with Crippen molar-refractivity contribution in [3.8, 4) is 11.1 Å². The van der Waals surface area contributed by atoms with Crippen molar-refractivity contribution >= 4 is 23.3 Å². The third-order valence-electron chi connectivity index (χ3n) is 10.1. The second kappa shape index (κ2) is 13.3. The lowest BCUT2D eigenvalue weighted by Gasteiger charge is -2.22. The van der Waals surface area contributed by atoms with Gasteiger partial charge in [0.2, 0.25) is 5.91 Å². The number of carboxylic acids is 1. The number of carbonyl (C=O) groups is 3. The number of benzene rings is 3. The number of ketones is 1. The molecule has 5 atom stereocenters. The van der Waals surface area contributed by atoms with Gasteiger partial charge in [0.15, 0.2) is 5.78 Å². The number of Topliss-reactive ketones (excluding diaryl/α,β-unsaturated/α-hetero) is 1. The molecule has 0 aliphatic heterocycles. The van der Waals surface area contributed by atoms with E-state index in [1.165, 1.54) is 0 Å². The highest BCUT2D eigenvalue weighted by molar-refractivity contribution is 6.00.